The van der Waals surface area contributed by atoms with E-state index in [1.165, 1.54) is 11.9 Å². The molecule has 2 N–H and O–H groups in total. The van der Waals surface area contributed by atoms with Crippen molar-refractivity contribution in [3.63, 3.8) is 0 Å². The van der Waals surface area contributed by atoms with Gasteiger partial charge in [0, 0.05) is 45.0 Å². The van der Waals surface area contributed by atoms with Gasteiger partial charge in [-0.1, -0.05) is 29.6 Å². The number of fused-ring (bicyclic) bond motifs is 1. The monoisotopic (exact) mass is 593 g/mol. The molecule has 13 heteroatoms. The quantitative estimate of drug-likeness (QED) is 0.241. The number of piperazine rings is 1. The lowest BCUT2D eigenvalue weighted by molar-refractivity contribution is 0.0980. The summed E-state index contributed by atoms with van der Waals surface area (Å²) in [6, 6.07) is 6.97. The SMILES string of the molecule is CSNC(=O)c1nc(Cl)ccc1NC(C)c1cc(C)cc2c(=O)n(C)c(N3CCN(c4cnc(C)nc4)CC3)nc12. The van der Waals surface area contributed by atoms with Crippen LogP contribution in [0.1, 0.15) is 40.4 Å². The van der Waals surface area contributed by atoms with Crippen LogP contribution in [0.4, 0.5) is 17.3 Å². The Morgan fingerprint density at radius 1 is 1.05 bits per heavy atom. The summed E-state index contributed by atoms with van der Waals surface area (Å²) in [5, 5.41) is 4.17. The van der Waals surface area contributed by atoms with E-state index in [1.54, 1.807) is 30.0 Å². The van der Waals surface area contributed by atoms with Crippen molar-refractivity contribution in [2.24, 2.45) is 7.05 Å². The van der Waals surface area contributed by atoms with E-state index >= 15 is 0 Å². The lowest BCUT2D eigenvalue weighted by atomic mass is 10.0. The van der Waals surface area contributed by atoms with Gasteiger partial charge < -0.3 is 15.1 Å². The predicted octanol–water partition coefficient (Wildman–Crippen LogP) is 3.90. The number of anilines is 3. The second kappa shape index (κ2) is 11.9. The van der Waals surface area contributed by atoms with Crippen LogP contribution in [0.5, 0.6) is 0 Å². The maximum Gasteiger partial charge on any atom is 0.281 e. The van der Waals surface area contributed by atoms with Crippen LogP contribution in [0, 0.1) is 13.8 Å². The molecule has 0 bridgehead atoms. The lowest BCUT2D eigenvalue weighted by Crippen LogP contribution is -2.48. The number of halogens is 1. The van der Waals surface area contributed by atoms with Crippen molar-refractivity contribution in [2.45, 2.75) is 26.8 Å². The number of amides is 1. The Balaban J connectivity index is 1.48. The first-order valence-corrected chi connectivity index (χ1v) is 14.8. The van der Waals surface area contributed by atoms with Crippen molar-refractivity contribution in [1.82, 2.24) is 29.2 Å². The summed E-state index contributed by atoms with van der Waals surface area (Å²) in [6.45, 7) is 8.69. The van der Waals surface area contributed by atoms with E-state index in [1.807, 2.05) is 45.3 Å². The molecule has 4 aromatic rings. The Morgan fingerprint density at radius 2 is 1.73 bits per heavy atom. The number of rotatable bonds is 7. The molecule has 11 nitrogen and oxygen atoms in total. The number of benzene rings is 1. The summed E-state index contributed by atoms with van der Waals surface area (Å²) in [5.41, 5.74) is 4.01. The van der Waals surface area contributed by atoms with E-state index in [4.69, 9.17) is 16.6 Å². The van der Waals surface area contributed by atoms with Crippen molar-refractivity contribution in [2.75, 3.05) is 47.6 Å². The first-order chi connectivity index (χ1) is 19.7. The highest BCUT2D eigenvalue weighted by molar-refractivity contribution is 7.97. The number of carbonyl (C=O) groups is 1. The van der Waals surface area contributed by atoms with E-state index in [0.29, 0.717) is 35.6 Å². The molecular weight excluding hydrogens is 562 g/mol. The molecule has 214 valence electrons. The molecule has 5 rings (SSSR count). The fraction of sp³-hybridized carbons (Fsp3) is 0.357. The summed E-state index contributed by atoms with van der Waals surface area (Å²) in [7, 11) is 1.77. The number of nitrogens with one attached hydrogen (secondary N) is 2. The minimum Gasteiger partial charge on any atom is -0.377 e. The molecule has 1 amide bonds. The van der Waals surface area contributed by atoms with Gasteiger partial charge in [-0.15, -0.1) is 0 Å². The van der Waals surface area contributed by atoms with Crippen molar-refractivity contribution in [1.29, 1.82) is 0 Å². The predicted molar refractivity (Wildman–Crippen MR) is 165 cm³/mol. The van der Waals surface area contributed by atoms with Crippen LogP contribution in [0.25, 0.3) is 10.9 Å². The molecule has 1 aromatic carbocycles. The zero-order valence-corrected chi connectivity index (χ0v) is 25.2. The second-order valence-corrected chi connectivity index (χ2v) is 11.0. The molecule has 3 aromatic heterocycles. The highest BCUT2D eigenvalue weighted by Gasteiger charge is 2.24. The number of hydrogen-bond acceptors (Lipinski definition) is 10. The number of pyridine rings is 1. The smallest absolute Gasteiger partial charge is 0.281 e. The number of nitrogens with zero attached hydrogens (tertiary/aromatic N) is 7. The van der Waals surface area contributed by atoms with Gasteiger partial charge in [0.25, 0.3) is 11.5 Å². The maximum atomic E-state index is 13.6. The second-order valence-electron chi connectivity index (χ2n) is 10.0. The van der Waals surface area contributed by atoms with Gasteiger partial charge in [0.15, 0.2) is 5.69 Å². The molecule has 0 spiro atoms. The summed E-state index contributed by atoms with van der Waals surface area (Å²) in [6.07, 6.45) is 5.45. The molecule has 0 saturated carbocycles. The van der Waals surface area contributed by atoms with E-state index in [2.05, 4.69) is 34.8 Å². The topological polar surface area (TPSA) is 121 Å². The number of aromatic nitrogens is 5. The van der Waals surface area contributed by atoms with Gasteiger partial charge in [-0.25, -0.2) is 19.9 Å². The fourth-order valence-electron chi connectivity index (χ4n) is 5.04. The third-order valence-electron chi connectivity index (χ3n) is 7.14. The highest BCUT2D eigenvalue weighted by Crippen LogP contribution is 2.29. The largest absolute Gasteiger partial charge is 0.377 e. The molecule has 0 aliphatic carbocycles. The summed E-state index contributed by atoms with van der Waals surface area (Å²) in [5.74, 6) is 1.01. The average Bonchev–Trinajstić information content (AvgIpc) is 2.96. The molecule has 1 fully saturated rings. The molecule has 1 saturated heterocycles. The van der Waals surface area contributed by atoms with Gasteiger partial charge >= 0.3 is 0 Å². The molecular formula is C28H32ClN9O2S. The first-order valence-electron chi connectivity index (χ1n) is 13.2. The Morgan fingerprint density at radius 3 is 2.41 bits per heavy atom. The van der Waals surface area contributed by atoms with Gasteiger partial charge in [0.2, 0.25) is 5.95 Å². The van der Waals surface area contributed by atoms with Crippen LogP contribution in [0.15, 0.2) is 41.5 Å². The van der Waals surface area contributed by atoms with Crippen LogP contribution in [0.2, 0.25) is 5.15 Å². The normalized spacial score (nSPS) is 14.3. The molecule has 41 heavy (non-hydrogen) atoms. The maximum absolute atomic E-state index is 13.6. The van der Waals surface area contributed by atoms with Crippen LogP contribution in [-0.2, 0) is 7.05 Å². The Bertz CT molecular complexity index is 1650. The van der Waals surface area contributed by atoms with Crippen LogP contribution < -0.4 is 25.4 Å². The third-order valence-corrected chi connectivity index (χ3v) is 7.74. The summed E-state index contributed by atoms with van der Waals surface area (Å²) >= 11 is 7.28. The number of aryl methyl sites for hydroxylation is 2. The first kappa shape index (κ1) is 28.6. The molecule has 1 unspecified atom stereocenters. The minimum absolute atomic E-state index is 0.107. The van der Waals surface area contributed by atoms with E-state index in [9.17, 15) is 9.59 Å². The Kier molecular flexibility index (Phi) is 8.32. The van der Waals surface area contributed by atoms with E-state index in [-0.39, 0.29) is 28.4 Å². The van der Waals surface area contributed by atoms with Crippen molar-refractivity contribution < 1.29 is 4.79 Å². The van der Waals surface area contributed by atoms with Crippen molar-refractivity contribution >= 4 is 57.7 Å². The Labute approximate surface area is 247 Å². The van der Waals surface area contributed by atoms with E-state index in [0.717, 1.165) is 35.7 Å². The zero-order chi connectivity index (χ0) is 29.3. The highest BCUT2D eigenvalue weighted by atomic mass is 35.5. The summed E-state index contributed by atoms with van der Waals surface area (Å²) < 4.78 is 4.33. The number of carbonyl (C=O) groups excluding carboxylic acids is 1. The fourth-order valence-corrected chi connectivity index (χ4v) is 5.47. The average molecular weight is 594 g/mol. The van der Waals surface area contributed by atoms with Gasteiger partial charge in [0.1, 0.15) is 11.0 Å². The lowest BCUT2D eigenvalue weighted by Gasteiger charge is -2.36. The molecule has 4 heterocycles. The Hall–Kier alpha value is -3.90. The molecule has 1 aliphatic rings. The van der Waals surface area contributed by atoms with Crippen molar-refractivity contribution in [3.05, 3.63) is 74.8 Å². The minimum atomic E-state index is -0.352. The molecule has 0 radical (unpaired) electrons. The third kappa shape index (κ3) is 5.94. The zero-order valence-electron chi connectivity index (χ0n) is 23.6. The van der Waals surface area contributed by atoms with Gasteiger partial charge in [-0.05, 0) is 44.5 Å². The van der Waals surface area contributed by atoms with Gasteiger partial charge in [0.05, 0.1) is 40.7 Å². The van der Waals surface area contributed by atoms with Crippen LogP contribution >= 0.6 is 23.5 Å². The van der Waals surface area contributed by atoms with E-state index < -0.39 is 0 Å². The molecule has 1 aliphatic heterocycles. The molecule has 1 atom stereocenters. The standard InChI is InChI=1S/C28H32ClN9O2S/c1-16-12-20(17(2)32-22-6-7-23(29)33-25(22)26(39)35-41-5)24-21(13-16)27(40)36(4)28(34-24)38-10-8-37(9-11-38)19-14-30-18(3)31-15-19/h6-7,12-15,17,32H,8-11H2,1-5H3,(H,35,39). The van der Waals surface area contributed by atoms with Crippen LogP contribution in [0.3, 0.4) is 0 Å². The number of hydrogen-bond donors (Lipinski definition) is 2. The van der Waals surface area contributed by atoms with Crippen molar-refractivity contribution in [3.8, 4) is 0 Å². The van der Waals surface area contributed by atoms with Crippen LogP contribution in [-0.4, -0.2) is 62.8 Å². The summed E-state index contributed by atoms with van der Waals surface area (Å²) in [4.78, 5) is 48.6. The van der Waals surface area contributed by atoms with Gasteiger partial charge in [-0.2, -0.15) is 0 Å². The van der Waals surface area contributed by atoms with Gasteiger partial charge in [-0.3, -0.25) is 18.9 Å².